The van der Waals surface area contributed by atoms with E-state index in [1.54, 1.807) is 0 Å². The summed E-state index contributed by atoms with van der Waals surface area (Å²) < 4.78 is 5.31. The first-order valence-electron chi connectivity index (χ1n) is 5.37. The van der Waals surface area contributed by atoms with Gasteiger partial charge in [-0.15, -0.1) is 0 Å². The first-order chi connectivity index (χ1) is 6.85. The van der Waals surface area contributed by atoms with Gasteiger partial charge in [0.1, 0.15) is 0 Å². The second-order valence-electron chi connectivity index (χ2n) is 4.25. The zero-order valence-corrected chi connectivity index (χ0v) is 8.75. The molecule has 0 amide bonds. The van der Waals surface area contributed by atoms with Gasteiger partial charge >= 0.3 is 0 Å². The van der Waals surface area contributed by atoms with Crippen LogP contribution in [0.1, 0.15) is 25.3 Å². The van der Waals surface area contributed by atoms with E-state index in [0.29, 0.717) is 5.41 Å². The maximum absolute atomic E-state index is 5.31. The fourth-order valence-electron chi connectivity index (χ4n) is 1.91. The van der Waals surface area contributed by atoms with Crippen LogP contribution >= 0.6 is 0 Å². The van der Waals surface area contributed by atoms with Gasteiger partial charge < -0.3 is 4.74 Å². The van der Waals surface area contributed by atoms with Crippen LogP contribution in [0.5, 0.6) is 0 Å². The Kier molecular flexibility index (Phi) is 2.87. The Bertz CT molecular complexity index is 269. The van der Waals surface area contributed by atoms with Crippen molar-refractivity contribution < 1.29 is 4.74 Å². The van der Waals surface area contributed by atoms with Crippen molar-refractivity contribution in [1.82, 2.24) is 0 Å². The Morgan fingerprint density at radius 3 is 2.57 bits per heavy atom. The predicted molar refractivity (Wildman–Crippen MR) is 57.1 cm³/mol. The molecule has 1 aliphatic rings. The quantitative estimate of drug-likeness (QED) is 0.707. The van der Waals surface area contributed by atoms with Gasteiger partial charge in [-0.2, -0.15) is 0 Å². The van der Waals surface area contributed by atoms with Crippen LogP contribution in [0.15, 0.2) is 24.3 Å². The van der Waals surface area contributed by atoms with Crippen LogP contribution in [0.2, 0.25) is 0 Å². The summed E-state index contributed by atoms with van der Waals surface area (Å²) in [6, 6.07) is 11.3. The van der Waals surface area contributed by atoms with Gasteiger partial charge in [-0.05, 0) is 30.9 Å². The molecule has 0 saturated carbocycles. The summed E-state index contributed by atoms with van der Waals surface area (Å²) in [5.41, 5.74) is 1.91. The summed E-state index contributed by atoms with van der Waals surface area (Å²) in [5.74, 6) is 0. The molecule has 1 saturated heterocycles. The maximum Gasteiger partial charge on any atom is 0.0544 e. The van der Waals surface area contributed by atoms with Gasteiger partial charge in [-0.1, -0.05) is 31.2 Å². The minimum absolute atomic E-state index is 0.486. The molecular formula is C13H17O. The third-order valence-electron chi connectivity index (χ3n) is 3.30. The lowest BCUT2D eigenvalue weighted by atomic mass is 9.78. The van der Waals surface area contributed by atoms with E-state index in [4.69, 9.17) is 4.74 Å². The number of rotatable bonds is 4. The lowest BCUT2D eigenvalue weighted by Crippen LogP contribution is -2.42. The van der Waals surface area contributed by atoms with Gasteiger partial charge in [0.2, 0.25) is 0 Å². The average Bonchev–Trinajstić information content (AvgIpc) is 2.19. The molecule has 0 unspecified atom stereocenters. The molecule has 1 heterocycles. The fourth-order valence-corrected chi connectivity index (χ4v) is 1.91. The summed E-state index contributed by atoms with van der Waals surface area (Å²) in [6.45, 7) is 4.19. The van der Waals surface area contributed by atoms with Crippen LogP contribution in [0.25, 0.3) is 0 Å². The van der Waals surface area contributed by atoms with E-state index in [2.05, 4.69) is 25.1 Å². The molecule has 14 heavy (non-hydrogen) atoms. The smallest absolute Gasteiger partial charge is 0.0544 e. The Morgan fingerprint density at radius 1 is 1.36 bits per heavy atom. The standard InChI is InChI=1S/C13H17O/c1-2-13(10-14-11-13)9-8-12-6-4-3-5-7-12/h4-7H,2,8-11H2,1H3. The summed E-state index contributed by atoms with van der Waals surface area (Å²) in [7, 11) is 0. The third kappa shape index (κ3) is 1.98. The Balaban J connectivity index is 1.88. The molecule has 0 spiro atoms. The number of ether oxygens (including phenoxy) is 1. The number of hydrogen-bond donors (Lipinski definition) is 0. The van der Waals surface area contributed by atoms with Crippen LogP contribution in [0.4, 0.5) is 0 Å². The lowest BCUT2D eigenvalue weighted by Gasteiger charge is -2.41. The van der Waals surface area contributed by atoms with Crippen LogP contribution in [-0.2, 0) is 11.2 Å². The largest absolute Gasteiger partial charge is 0.380 e. The fraction of sp³-hybridized carbons (Fsp3) is 0.538. The van der Waals surface area contributed by atoms with Gasteiger partial charge in [-0.3, -0.25) is 0 Å². The molecule has 1 fully saturated rings. The third-order valence-corrected chi connectivity index (χ3v) is 3.30. The van der Waals surface area contributed by atoms with Crippen molar-refractivity contribution in [2.75, 3.05) is 13.2 Å². The lowest BCUT2D eigenvalue weighted by molar-refractivity contribution is -0.119. The highest BCUT2D eigenvalue weighted by molar-refractivity contribution is 5.14. The number of benzene rings is 1. The van der Waals surface area contributed by atoms with E-state index in [-0.39, 0.29) is 0 Å². The van der Waals surface area contributed by atoms with E-state index in [1.165, 1.54) is 24.8 Å². The summed E-state index contributed by atoms with van der Waals surface area (Å²) >= 11 is 0. The molecule has 1 aromatic rings. The topological polar surface area (TPSA) is 9.23 Å². The summed E-state index contributed by atoms with van der Waals surface area (Å²) in [5, 5.41) is 0. The molecular weight excluding hydrogens is 172 g/mol. The highest BCUT2D eigenvalue weighted by Crippen LogP contribution is 2.35. The monoisotopic (exact) mass is 189 g/mol. The SMILES string of the molecule is CCC1(CCc2cc[c]cc2)COC1. The average molecular weight is 189 g/mol. The molecule has 0 aromatic heterocycles. The first kappa shape index (κ1) is 9.72. The second kappa shape index (κ2) is 4.14. The van der Waals surface area contributed by atoms with E-state index < -0.39 is 0 Å². The van der Waals surface area contributed by atoms with Gasteiger partial charge in [-0.25, -0.2) is 0 Å². The molecule has 1 radical (unpaired) electrons. The van der Waals surface area contributed by atoms with Crippen LogP contribution in [0, 0.1) is 11.5 Å². The van der Waals surface area contributed by atoms with Crippen LogP contribution in [0.3, 0.4) is 0 Å². The highest BCUT2D eigenvalue weighted by atomic mass is 16.5. The Hall–Kier alpha value is -0.820. The molecule has 1 nitrogen and oxygen atoms in total. The minimum atomic E-state index is 0.486. The molecule has 75 valence electrons. The van der Waals surface area contributed by atoms with Crippen molar-refractivity contribution in [3.63, 3.8) is 0 Å². The van der Waals surface area contributed by atoms with Crippen LogP contribution < -0.4 is 0 Å². The van der Waals surface area contributed by atoms with Crippen molar-refractivity contribution in [2.45, 2.75) is 26.2 Å². The summed E-state index contributed by atoms with van der Waals surface area (Å²) in [4.78, 5) is 0. The van der Waals surface area contributed by atoms with Crippen molar-refractivity contribution in [3.8, 4) is 0 Å². The molecule has 0 aliphatic carbocycles. The van der Waals surface area contributed by atoms with E-state index >= 15 is 0 Å². The molecule has 0 atom stereocenters. The van der Waals surface area contributed by atoms with Crippen molar-refractivity contribution >= 4 is 0 Å². The van der Waals surface area contributed by atoms with Crippen LogP contribution in [-0.4, -0.2) is 13.2 Å². The van der Waals surface area contributed by atoms with Gasteiger partial charge in [0, 0.05) is 5.41 Å². The van der Waals surface area contributed by atoms with E-state index in [1.807, 2.05) is 12.1 Å². The molecule has 0 N–H and O–H groups in total. The Labute approximate surface area is 86.1 Å². The highest BCUT2D eigenvalue weighted by Gasteiger charge is 2.35. The maximum atomic E-state index is 5.31. The molecule has 1 aliphatic heterocycles. The summed E-state index contributed by atoms with van der Waals surface area (Å²) in [6.07, 6.45) is 3.67. The second-order valence-corrected chi connectivity index (χ2v) is 4.25. The first-order valence-corrected chi connectivity index (χ1v) is 5.37. The molecule has 1 heteroatoms. The Morgan fingerprint density at radius 2 is 2.07 bits per heavy atom. The molecule has 0 bridgehead atoms. The van der Waals surface area contributed by atoms with E-state index in [9.17, 15) is 0 Å². The van der Waals surface area contributed by atoms with Gasteiger partial charge in [0.15, 0.2) is 0 Å². The van der Waals surface area contributed by atoms with Gasteiger partial charge in [0.25, 0.3) is 0 Å². The van der Waals surface area contributed by atoms with Crippen molar-refractivity contribution in [1.29, 1.82) is 0 Å². The number of hydrogen-bond acceptors (Lipinski definition) is 1. The molecule has 2 rings (SSSR count). The van der Waals surface area contributed by atoms with Gasteiger partial charge in [0.05, 0.1) is 13.2 Å². The number of aryl methyl sites for hydroxylation is 1. The zero-order chi connectivity index (χ0) is 9.86. The van der Waals surface area contributed by atoms with Crippen molar-refractivity contribution in [2.24, 2.45) is 5.41 Å². The normalized spacial score (nSPS) is 18.9. The minimum Gasteiger partial charge on any atom is -0.380 e. The zero-order valence-electron chi connectivity index (χ0n) is 8.75. The van der Waals surface area contributed by atoms with E-state index in [0.717, 1.165) is 13.2 Å². The predicted octanol–water partition coefficient (Wildman–Crippen LogP) is 2.85. The molecule has 1 aromatic carbocycles. The van der Waals surface area contributed by atoms with Crippen molar-refractivity contribution in [3.05, 3.63) is 35.9 Å².